The van der Waals surface area contributed by atoms with Crippen LogP contribution < -0.4 is 10.9 Å². The van der Waals surface area contributed by atoms with Gasteiger partial charge in [0.05, 0.1) is 17.4 Å². The SMILES string of the molecule is COCCCNC(=O)Cc1c(C)c2c(O)cc(C)cc2oc1=O. The van der Waals surface area contributed by atoms with Crippen LogP contribution in [0.2, 0.25) is 0 Å². The second kappa shape index (κ2) is 7.28. The van der Waals surface area contributed by atoms with Gasteiger partial charge in [0.2, 0.25) is 5.91 Å². The van der Waals surface area contributed by atoms with Gasteiger partial charge in [-0.1, -0.05) is 0 Å². The quantitative estimate of drug-likeness (QED) is 0.626. The van der Waals surface area contributed by atoms with Crippen LogP contribution in [-0.2, 0) is 16.0 Å². The number of fused-ring (bicyclic) bond motifs is 1. The highest BCUT2D eigenvalue weighted by molar-refractivity contribution is 5.89. The highest BCUT2D eigenvalue weighted by Crippen LogP contribution is 2.29. The van der Waals surface area contributed by atoms with E-state index in [0.29, 0.717) is 36.1 Å². The summed E-state index contributed by atoms with van der Waals surface area (Å²) < 4.78 is 10.2. The fourth-order valence-corrected chi connectivity index (χ4v) is 2.53. The summed E-state index contributed by atoms with van der Waals surface area (Å²) in [5.74, 6) is -0.217. The summed E-state index contributed by atoms with van der Waals surface area (Å²) in [5, 5.41) is 13.3. The normalized spacial score (nSPS) is 10.9. The van der Waals surface area contributed by atoms with Crippen LogP contribution in [0.15, 0.2) is 21.3 Å². The zero-order valence-electron chi connectivity index (χ0n) is 13.6. The summed E-state index contributed by atoms with van der Waals surface area (Å²) in [7, 11) is 1.60. The molecular weight excluding hydrogens is 298 g/mol. The van der Waals surface area contributed by atoms with Gasteiger partial charge in [-0.2, -0.15) is 0 Å². The zero-order valence-corrected chi connectivity index (χ0v) is 13.6. The average Bonchev–Trinajstić information content (AvgIpc) is 2.47. The molecule has 0 fully saturated rings. The van der Waals surface area contributed by atoms with Crippen LogP contribution in [0.25, 0.3) is 11.0 Å². The van der Waals surface area contributed by atoms with E-state index in [1.807, 2.05) is 0 Å². The van der Waals surface area contributed by atoms with Crippen LogP contribution in [0.4, 0.5) is 0 Å². The minimum Gasteiger partial charge on any atom is -0.507 e. The third-order valence-corrected chi connectivity index (χ3v) is 3.69. The van der Waals surface area contributed by atoms with Crippen LogP contribution in [0.5, 0.6) is 5.75 Å². The largest absolute Gasteiger partial charge is 0.507 e. The molecule has 1 amide bonds. The first-order valence-electron chi connectivity index (χ1n) is 7.45. The lowest BCUT2D eigenvalue weighted by molar-refractivity contribution is -0.120. The molecule has 6 heteroatoms. The van der Waals surface area contributed by atoms with Gasteiger partial charge < -0.3 is 19.6 Å². The Bertz CT molecular complexity index is 779. The van der Waals surface area contributed by atoms with Crippen molar-refractivity contribution in [2.75, 3.05) is 20.3 Å². The number of rotatable bonds is 6. The first-order chi connectivity index (χ1) is 10.9. The molecule has 0 unspecified atom stereocenters. The van der Waals surface area contributed by atoms with Crippen molar-refractivity contribution in [3.8, 4) is 5.75 Å². The number of carbonyl (C=O) groups excluding carboxylic acids is 1. The van der Waals surface area contributed by atoms with Gasteiger partial charge in [-0.3, -0.25) is 4.79 Å². The molecule has 2 aromatic rings. The van der Waals surface area contributed by atoms with Crippen molar-refractivity contribution < 1.29 is 19.1 Å². The molecule has 0 saturated carbocycles. The van der Waals surface area contributed by atoms with E-state index in [4.69, 9.17) is 9.15 Å². The van der Waals surface area contributed by atoms with Gasteiger partial charge >= 0.3 is 5.63 Å². The fraction of sp³-hybridized carbons (Fsp3) is 0.412. The Morgan fingerprint density at radius 1 is 1.35 bits per heavy atom. The van der Waals surface area contributed by atoms with E-state index >= 15 is 0 Å². The number of aryl methyl sites for hydroxylation is 2. The Labute approximate surface area is 134 Å². The number of carbonyl (C=O) groups is 1. The van der Waals surface area contributed by atoms with Gasteiger partial charge in [-0.25, -0.2) is 4.79 Å². The van der Waals surface area contributed by atoms with Gasteiger partial charge in [-0.05, 0) is 43.5 Å². The summed E-state index contributed by atoms with van der Waals surface area (Å²) in [6.07, 6.45) is 0.623. The number of methoxy groups -OCH3 is 1. The Balaban J connectivity index is 2.27. The number of ether oxygens (including phenoxy) is 1. The predicted octanol–water partition coefficient (Wildman–Crippen LogP) is 1.81. The van der Waals surface area contributed by atoms with Gasteiger partial charge in [0.1, 0.15) is 11.3 Å². The molecule has 23 heavy (non-hydrogen) atoms. The topological polar surface area (TPSA) is 88.8 Å². The molecule has 0 bridgehead atoms. The molecule has 0 saturated heterocycles. The predicted molar refractivity (Wildman–Crippen MR) is 86.8 cm³/mol. The van der Waals surface area contributed by atoms with Crippen LogP contribution in [0.3, 0.4) is 0 Å². The van der Waals surface area contributed by atoms with E-state index in [1.165, 1.54) is 0 Å². The maximum absolute atomic E-state index is 12.1. The summed E-state index contributed by atoms with van der Waals surface area (Å²) in [5.41, 5.74) is 1.41. The molecule has 0 atom stereocenters. The Kier molecular flexibility index (Phi) is 5.39. The molecule has 2 rings (SSSR count). The molecule has 1 aromatic heterocycles. The lowest BCUT2D eigenvalue weighted by Gasteiger charge is -2.10. The van der Waals surface area contributed by atoms with Gasteiger partial charge in [0, 0.05) is 20.3 Å². The van der Waals surface area contributed by atoms with E-state index in [2.05, 4.69) is 5.32 Å². The minimum atomic E-state index is -0.549. The van der Waals surface area contributed by atoms with Gasteiger partial charge in [-0.15, -0.1) is 0 Å². The maximum atomic E-state index is 12.1. The van der Waals surface area contributed by atoms with E-state index < -0.39 is 5.63 Å². The molecule has 0 aliphatic carbocycles. The highest BCUT2D eigenvalue weighted by Gasteiger charge is 2.17. The molecular formula is C17H21NO5. The monoisotopic (exact) mass is 319 g/mol. The number of benzene rings is 1. The van der Waals surface area contributed by atoms with Crippen molar-refractivity contribution in [1.29, 1.82) is 0 Å². The Morgan fingerprint density at radius 3 is 2.78 bits per heavy atom. The van der Waals surface area contributed by atoms with E-state index in [-0.39, 0.29) is 23.6 Å². The van der Waals surface area contributed by atoms with Crippen molar-refractivity contribution in [2.24, 2.45) is 0 Å². The number of hydrogen-bond acceptors (Lipinski definition) is 5. The summed E-state index contributed by atoms with van der Waals surface area (Å²) in [6.45, 7) is 4.55. The Hall–Kier alpha value is -2.34. The van der Waals surface area contributed by atoms with Crippen LogP contribution in [-0.4, -0.2) is 31.3 Å². The summed E-state index contributed by atoms with van der Waals surface area (Å²) >= 11 is 0. The third-order valence-electron chi connectivity index (χ3n) is 3.69. The average molecular weight is 319 g/mol. The van der Waals surface area contributed by atoms with Crippen LogP contribution in [0.1, 0.15) is 23.1 Å². The fourth-order valence-electron chi connectivity index (χ4n) is 2.53. The number of amides is 1. The standard InChI is InChI=1S/C17H21NO5/c1-10-7-13(19)16-11(2)12(17(21)23-14(16)8-10)9-15(20)18-5-4-6-22-3/h7-8,19H,4-6,9H2,1-3H3,(H,18,20). The molecule has 0 radical (unpaired) electrons. The van der Waals surface area contributed by atoms with Crippen molar-refractivity contribution in [1.82, 2.24) is 5.32 Å². The van der Waals surface area contributed by atoms with Gasteiger partial charge in [0.25, 0.3) is 0 Å². The van der Waals surface area contributed by atoms with Crippen molar-refractivity contribution in [3.05, 3.63) is 39.2 Å². The number of aromatic hydroxyl groups is 1. The second-order valence-corrected chi connectivity index (χ2v) is 5.52. The molecule has 0 aliphatic heterocycles. The molecule has 0 aliphatic rings. The third kappa shape index (κ3) is 3.90. The number of hydrogen-bond donors (Lipinski definition) is 2. The van der Waals surface area contributed by atoms with E-state index in [0.717, 1.165) is 5.56 Å². The van der Waals surface area contributed by atoms with Crippen molar-refractivity contribution in [2.45, 2.75) is 26.7 Å². The van der Waals surface area contributed by atoms with E-state index in [9.17, 15) is 14.7 Å². The Morgan fingerprint density at radius 2 is 2.09 bits per heavy atom. The summed E-state index contributed by atoms with van der Waals surface area (Å²) in [4.78, 5) is 24.1. The van der Waals surface area contributed by atoms with E-state index in [1.54, 1.807) is 33.1 Å². The molecule has 124 valence electrons. The second-order valence-electron chi connectivity index (χ2n) is 5.52. The van der Waals surface area contributed by atoms with Gasteiger partial charge in [0.15, 0.2) is 0 Å². The molecule has 6 nitrogen and oxygen atoms in total. The number of phenolic OH excluding ortho intramolecular Hbond substituents is 1. The maximum Gasteiger partial charge on any atom is 0.340 e. The highest BCUT2D eigenvalue weighted by atomic mass is 16.5. The number of nitrogens with one attached hydrogen (secondary N) is 1. The van der Waals surface area contributed by atoms with Crippen molar-refractivity contribution in [3.63, 3.8) is 0 Å². The molecule has 1 heterocycles. The lowest BCUT2D eigenvalue weighted by atomic mass is 10.0. The molecule has 1 aromatic carbocycles. The van der Waals surface area contributed by atoms with Crippen LogP contribution in [0, 0.1) is 13.8 Å². The first kappa shape index (κ1) is 17.0. The molecule has 0 spiro atoms. The van der Waals surface area contributed by atoms with Crippen LogP contribution >= 0.6 is 0 Å². The smallest absolute Gasteiger partial charge is 0.340 e. The lowest BCUT2D eigenvalue weighted by Crippen LogP contribution is -2.29. The van der Waals surface area contributed by atoms with Crippen molar-refractivity contribution >= 4 is 16.9 Å². The molecule has 2 N–H and O–H groups in total. The number of phenols is 1. The zero-order chi connectivity index (χ0) is 17.0. The summed E-state index contributed by atoms with van der Waals surface area (Å²) in [6, 6.07) is 3.29. The first-order valence-corrected chi connectivity index (χ1v) is 7.45. The minimum absolute atomic E-state index is 0.0444.